The number of hydrogen-bond acceptors (Lipinski definition) is 13. The zero-order valence-corrected chi connectivity index (χ0v) is 15.5. The van der Waals surface area contributed by atoms with Crippen molar-refractivity contribution in [3.05, 3.63) is 0 Å². The van der Waals surface area contributed by atoms with Crippen LogP contribution in [-0.4, -0.2) is 29.5 Å². The highest BCUT2D eigenvalue weighted by Gasteiger charge is 2.41. The SMILES string of the molecule is [O-]P([O-])(=S)OC1CC[C@@H](OP([O-])([O-])=S)[C@H](O)[C@H]1OP([O-])([O-])=S. The maximum absolute atomic E-state index is 11.1. The van der Waals surface area contributed by atoms with Crippen LogP contribution in [0, 0.1) is 0 Å². The maximum Gasteiger partial charge on any atom is 0.114 e. The molecule has 1 N–H and O–H groups in total. The Hall–Kier alpha value is 1.55. The van der Waals surface area contributed by atoms with E-state index in [9.17, 15) is 34.5 Å². The summed E-state index contributed by atoms with van der Waals surface area (Å²) >= 11 is 12.1. The highest BCUT2D eigenvalue weighted by atomic mass is 32.5. The molecule has 0 aliphatic heterocycles. The third kappa shape index (κ3) is 8.09. The summed E-state index contributed by atoms with van der Waals surface area (Å²) in [6.07, 6.45) is -6.97. The minimum Gasteiger partial charge on any atom is -0.812 e. The Kier molecular flexibility index (Phi) is 7.69. The molecule has 0 heterocycles. The minimum atomic E-state index is -4.81. The predicted molar refractivity (Wildman–Crippen MR) is 72.7 cm³/mol. The van der Waals surface area contributed by atoms with Crippen molar-refractivity contribution in [3.63, 3.8) is 0 Å². The molecule has 0 radical (unpaired) electrons. The first-order chi connectivity index (χ1) is 9.68. The summed E-state index contributed by atoms with van der Waals surface area (Å²) in [6, 6.07) is 0. The molecule has 4 atom stereocenters. The van der Waals surface area contributed by atoms with Gasteiger partial charge in [0, 0.05) is 0 Å². The third-order valence-corrected chi connectivity index (χ3v) is 4.93. The molecular weight excluding hydrogens is 421 g/mol. The van der Waals surface area contributed by atoms with Crippen molar-refractivity contribution in [1.29, 1.82) is 0 Å². The van der Waals surface area contributed by atoms with Crippen molar-refractivity contribution in [2.45, 2.75) is 37.3 Å². The third-order valence-electron chi connectivity index (χ3n) is 2.60. The lowest BCUT2D eigenvalue weighted by Crippen LogP contribution is -2.53. The van der Waals surface area contributed by atoms with E-state index >= 15 is 0 Å². The highest BCUT2D eigenvalue weighted by molar-refractivity contribution is 8.05. The molecule has 1 aliphatic rings. The van der Waals surface area contributed by atoms with Gasteiger partial charge < -0.3 is 48.0 Å². The van der Waals surface area contributed by atoms with Crippen LogP contribution in [-0.2, 0) is 49.0 Å². The van der Waals surface area contributed by atoms with Crippen molar-refractivity contribution in [2.75, 3.05) is 0 Å². The van der Waals surface area contributed by atoms with Gasteiger partial charge in [-0.3, -0.25) is 0 Å². The van der Waals surface area contributed by atoms with Crippen LogP contribution in [0.1, 0.15) is 12.8 Å². The van der Waals surface area contributed by atoms with Crippen molar-refractivity contribution < 1.29 is 48.0 Å². The van der Waals surface area contributed by atoms with Gasteiger partial charge in [0.2, 0.25) is 0 Å². The second kappa shape index (κ2) is 7.84. The van der Waals surface area contributed by atoms with Crippen LogP contribution >= 0.6 is 20.2 Å². The summed E-state index contributed by atoms with van der Waals surface area (Å²) in [5.41, 5.74) is 0. The average Bonchev–Trinajstić information content (AvgIpc) is 2.22. The molecule has 0 amide bonds. The summed E-state index contributed by atoms with van der Waals surface area (Å²) in [5.74, 6) is 0. The number of hydrogen-bond donors (Lipinski definition) is 1. The van der Waals surface area contributed by atoms with Gasteiger partial charge in [-0.15, -0.1) is 35.4 Å². The Morgan fingerprint density at radius 2 is 1.09 bits per heavy atom. The molecule has 0 aromatic rings. The Morgan fingerprint density at radius 3 is 1.50 bits per heavy atom. The molecule has 0 bridgehead atoms. The quantitative estimate of drug-likeness (QED) is 0.396. The first kappa shape index (κ1) is 21.6. The molecule has 1 unspecified atom stereocenters. The van der Waals surface area contributed by atoms with E-state index in [1.165, 1.54) is 0 Å². The molecule has 1 saturated carbocycles. The lowest BCUT2D eigenvalue weighted by Gasteiger charge is -2.51. The zero-order chi connectivity index (χ0) is 17.3. The number of rotatable bonds is 6. The fourth-order valence-corrected chi connectivity index (χ4v) is 4.57. The van der Waals surface area contributed by atoms with Crippen molar-refractivity contribution in [1.82, 2.24) is 0 Å². The normalized spacial score (nSPS) is 31.2. The highest BCUT2D eigenvalue weighted by Crippen LogP contribution is 2.43. The van der Waals surface area contributed by atoms with Crippen LogP contribution in [0.3, 0.4) is 0 Å². The van der Waals surface area contributed by atoms with Crippen molar-refractivity contribution in [2.24, 2.45) is 0 Å². The Morgan fingerprint density at radius 1 is 0.727 bits per heavy atom. The van der Waals surface area contributed by atoms with E-state index in [4.69, 9.17) is 0 Å². The van der Waals surface area contributed by atoms with Gasteiger partial charge in [-0.1, -0.05) is 20.2 Å². The van der Waals surface area contributed by atoms with Crippen LogP contribution in [0.4, 0.5) is 0 Å². The second-order valence-electron chi connectivity index (χ2n) is 4.27. The molecule has 22 heavy (non-hydrogen) atoms. The summed E-state index contributed by atoms with van der Waals surface area (Å²) in [5, 5.41) is 9.95. The van der Waals surface area contributed by atoms with Gasteiger partial charge in [0.15, 0.2) is 0 Å². The Bertz CT molecular complexity index is 526. The fraction of sp³-hybridized carbons (Fsp3) is 1.00. The average molecular weight is 430 g/mol. The fourth-order valence-electron chi connectivity index (χ4n) is 1.93. The van der Waals surface area contributed by atoms with Gasteiger partial charge in [-0.05, 0) is 12.8 Å². The molecule has 1 fully saturated rings. The first-order valence-corrected chi connectivity index (χ1v) is 13.1. The Balaban J connectivity index is 2.97. The van der Waals surface area contributed by atoms with E-state index in [1.54, 1.807) is 0 Å². The van der Waals surface area contributed by atoms with Crippen LogP contribution in [0.15, 0.2) is 0 Å². The van der Waals surface area contributed by atoms with Gasteiger partial charge in [0.1, 0.15) is 12.2 Å². The van der Waals surface area contributed by atoms with Crippen molar-refractivity contribution in [3.8, 4) is 0 Å². The molecule has 1 rings (SSSR count). The lowest BCUT2D eigenvalue weighted by molar-refractivity contribution is -0.343. The van der Waals surface area contributed by atoms with E-state index in [1.807, 2.05) is 0 Å². The van der Waals surface area contributed by atoms with Crippen LogP contribution in [0.25, 0.3) is 0 Å². The van der Waals surface area contributed by atoms with E-state index in [0.29, 0.717) is 0 Å². The summed E-state index contributed by atoms with van der Waals surface area (Å²) in [6.45, 7) is -14.1. The standard InChI is InChI=1S/C6H15O10P3S3/c7-5-3(14-17(8,9)20)1-2-4(15-18(10,11)21)6(5)16-19(12,13)22/h3-7H,1-2H2,(H2,8,9,20)(H2,10,11,21)(H2,12,13,22)/p-6/t3-,4?,5+,6+/m1/s1. The molecule has 0 saturated heterocycles. The molecule has 1 aliphatic carbocycles. The topological polar surface area (TPSA) is 186 Å². The molecule has 10 nitrogen and oxygen atoms in total. The Labute approximate surface area is 141 Å². The number of aliphatic hydroxyl groups excluding tert-OH is 1. The monoisotopic (exact) mass is 430 g/mol. The van der Waals surface area contributed by atoms with Crippen LogP contribution in [0.2, 0.25) is 0 Å². The molecule has 16 heteroatoms. The van der Waals surface area contributed by atoms with E-state index in [-0.39, 0.29) is 12.8 Å². The first-order valence-electron chi connectivity index (χ1n) is 5.47. The zero-order valence-electron chi connectivity index (χ0n) is 10.4. The van der Waals surface area contributed by atoms with Crippen molar-refractivity contribution >= 4 is 55.6 Å². The van der Waals surface area contributed by atoms with Gasteiger partial charge >= 0.3 is 0 Å². The molecule has 0 aromatic carbocycles. The van der Waals surface area contributed by atoms with Gasteiger partial charge in [0.05, 0.1) is 12.2 Å². The minimum absolute atomic E-state index is 0.190. The molecule has 132 valence electrons. The molecular formula is C6H9O10P3S3-6. The number of aliphatic hydroxyl groups is 1. The van der Waals surface area contributed by atoms with Gasteiger partial charge in [0.25, 0.3) is 0 Å². The summed E-state index contributed by atoms with van der Waals surface area (Å²) in [7, 11) is 0. The van der Waals surface area contributed by atoms with E-state index in [2.05, 4.69) is 49.0 Å². The lowest BCUT2D eigenvalue weighted by atomic mass is 9.90. The van der Waals surface area contributed by atoms with E-state index in [0.717, 1.165) is 0 Å². The largest absolute Gasteiger partial charge is 0.812 e. The maximum atomic E-state index is 11.1. The molecule has 0 aromatic heterocycles. The van der Waals surface area contributed by atoms with Gasteiger partial charge in [-0.2, -0.15) is 0 Å². The predicted octanol–water partition coefficient (Wildman–Crippen LogP) is -4.87. The molecule has 0 spiro atoms. The van der Waals surface area contributed by atoms with Crippen LogP contribution < -0.4 is 29.4 Å². The smallest absolute Gasteiger partial charge is 0.114 e. The van der Waals surface area contributed by atoms with Crippen LogP contribution in [0.5, 0.6) is 0 Å². The van der Waals surface area contributed by atoms with Gasteiger partial charge in [-0.25, -0.2) is 0 Å². The van der Waals surface area contributed by atoms with E-state index < -0.39 is 44.6 Å². The summed E-state index contributed by atoms with van der Waals surface area (Å²) < 4.78 is 13.3. The summed E-state index contributed by atoms with van der Waals surface area (Å²) in [4.78, 5) is 66.0. The second-order valence-corrected chi connectivity index (χ2v) is 11.6.